The molecule has 0 aromatic heterocycles. The number of rotatable bonds is 1. The Morgan fingerprint density at radius 3 is 2.56 bits per heavy atom. The van der Waals surface area contributed by atoms with E-state index in [1.54, 1.807) is 0 Å². The predicted octanol–water partition coefficient (Wildman–Crippen LogP) is 1.33. The van der Waals surface area contributed by atoms with Crippen LogP contribution < -0.4 is 0 Å². The van der Waals surface area contributed by atoms with Gasteiger partial charge in [0.25, 0.3) is 0 Å². The third-order valence-electron chi connectivity index (χ3n) is 6.05. The molecule has 3 heteroatoms. The number of aliphatic hydroxyl groups is 3. The average Bonchev–Trinajstić information content (AvgIpc) is 2.80. The minimum absolute atomic E-state index is 0.102. The Hall–Kier alpha value is -0.380. The Labute approximate surface area is 109 Å². The van der Waals surface area contributed by atoms with Crippen molar-refractivity contribution in [1.82, 2.24) is 0 Å². The van der Waals surface area contributed by atoms with Gasteiger partial charge in [-0.25, -0.2) is 0 Å². The summed E-state index contributed by atoms with van der Waals surface area (Å²) in [5.74, 6) is 0.834. The molecule has 0 heterocycles. The SMILES string of the molecule is C=C1CC(O)C2C(C3C1CCC3(C)O)C2(C)CO. The summed E-state index contributed by atoms with van der Waals surface area (Å²) in [4.78, 5) is 0. The van der Waals surface area contributed by atoms with Crippen molar-refractivity contribution in [2.45, 2.75) is 44.8 Å². The highest BCUT2D eigenvalue weighted by Gasteiger charge is 2.71. The van der Waals surface area contributed by atoms with Crippen molar-refractivity contribution in [2.24, 2.45) is 29.1 Å². The summed E-state index contributed by atoms with van der Waals surface area (Å²) in [7, 11) is 0. The molecule has 3 saturated carbocycles. The fraction of sp³-hybridized carbons (Fsp3) is 0.867. The minimum atomic E-state index is -0.673. The van der Waals surface area contributed by atoms with Crippen molar-refractivity contribution in [3.63, 3.8) is 0 Å². The molecule has 0 radical (unpaired) electrons. The molecule has 7 atom stereocenters. The van der Waals surface area contributed by atoms with Crippen LogP contribution in [0.2, 0.25) is 0 Å². The maximum atomic E-state index is 10.6. The van der Waals surface area contributed by atoms with Crippen LogP contribution in [0, 0.1) is 29.1 Å². The quantitative estimate of drug-likeness (QED) is 0.617. The molecule has 0 aliphatic heterocycles. The molecule has 3 N–H and O–H groups in total. The average molecular weight is 252 g/mol. The van der Waals surface area contributed by atoms with Crippen LogP contribution in [0.5, 0.6) is 0 Å². The lowest BCUT2D eigenvalue weighted by molar-refractivity contribution is -0.00469. The maximum absolute atomic E-state index is 10.6. The second-order valence-corrected chi connectivity index (χ2v) is 7.17. The van der Waals surface area contributed by atoms with E-state index in [1.807, 2.05) is 13.8 Å². The van der Waals surface area contributed by atoms with Gasteiger partial charge in [-0.2, -0.15) is 0 Å². The van der Waals surface area contributed by atoms with Gasteiger partial charge in [0, 0.05) is 6.61 Å². The zero-order chi connectivity index (χ0) is 13.3. The zero-order valence-electron chi connectivity index (χ0n) is 11.3. The first kappa shape index (κ1) is 12.6. The first-order valence-electron chi connectivity index (χ1n) is 7.02. The van der Waals surface area contributed by atoms with E-state index in [9.17, 15) is 15.3 Å². The van der Waals surface area contributed by atoms with Gasteiger partial charge in [-0.15, -0.1) is 0 Å². The van der Waals surface area contributed by atoms with Crippen molar-refractivity contribution >= 4 is 0 Å². The van der Waals surface area contributed by atoms with Gasteiger partial charge in [-0.3, -0.25) is 0 Å². The molecule has 3 fully saturated rings. The summed E-state index contributed by atoms with van der Waals surface area (Å²) in [6.45, 7) is 8.19. The van der Waals surface area contributed by atoms with E-state index in [0.29, 0.717) is 12.3 Å². The van der Waals surface area contributed by atoms with E-state index in [4.69, 9.17) is 0 Å². The molecule has 3 nitrogen and oxygen atoms in total. The zero-order valence-corrected chi connectivity index (χ0v) is 11.3. The highest BCUT2D eigenvalue weighted by molar-refractivity contribution is 5.26. The van der Waals surface area contributed by atoms with Crippen molar-refractivity contribution < 1.29 is 15.3 Å². The van der Waals surface area contributed by atoms with Crippen LogP contribution in [-0.4, -0.2) is 33.6 Å². The van der Waals surface area contributed by atoms with E-state index in [-0.39, 0.29) is 29.8 Å². The molecule has 3 aliphatic rings. The first-order chi connectivity index (χ1) is 8.33. The monoisotopic (exact) mass is 252 g/mol. The third-order valence-corrected chi connectivity index (χ3v) is 6.05. The maximum Gasteiger partial charge on any atom is 0.0656 e. The Bertz CT molecular complexity index is 389. The van der Waals surface area contributed by atoms with Crippen molar-refractivity contribution in [1.29, 1.82) is 0 Å². The smallest absolute Gasteiger partial charge is 0.0656 e. The topological polar surface area (TPSA) is 60.7 Å². The molecule has 18 heavy (non-hydrogen) atoms. The van der Waals surface area contributed by atoms with E-state index < -0.39 is 11.7 Å². The Balaban J connectivity index is 2.00. The van der Waals surface area contributed by atoms with E-state index in [0.717, 1.165) is 18.4 Å². The van der Waals surface area contributed by atoms with Crippen molar-refractivity contribution in [2.75, 3.05) is 6.61 Å². The third kappa shape index (κ3) is 1.41. The van der Waals surface area contributed by atoms with Crippen LogP contribution in [0.25, 0.3) is 0 Å². The second kappa shape index (κ2) is 3.59. The summed E-state index contributed by atoms with van der Waals surface area (Å²) in [6, 6.07) is 0. The van der Waals surface area contributed by atoms with Crippen LogP contribution in [0.1, 0.15) is 33.1 Å². The molecule has 0 bridgehead atoms. The molecule has 0 aromatic rings. The normalized spacial score (nSPS) is 58.9. The summed E-state index contributed by atoms with van der Waals surface area (Å²) in [5.41, 5.74) is 0.211. The number of aliphatic hydroxyl groups excluding tert-OH is 2. The predicted molar refractivity (Wildman–Crippen MR) is 68.8 cm³/mol. The highest BCUT2D eigenvalue weighted by Crippen LogP contribution is 2.71. The molecule has 3 rings (SSSR count). The first-order valence-corrected chi connectivity index (χ1v) is 7.02. The van der Waals surface area contributed by atoms with Gasteiger partial charge in [0.05, 0.1) is 11.7 Å². The van der Waals surface area contributed by atoms with Gasteiger partial charge in [0.2, 0.25) is 0 Å². The Morgan fingerprint density at radius 1 is 1.28 bits per heavy atom. The molecule has 3 aliphatic carbocycles. The molecule has 0 aromatic carbocycles. The van der Waals surface area contributed by atoms with Gasteiger partial charge in [0.15, 0.2) is 0 Å². The largest absolute Gasteiger partial charge is 0.396 e. The fourth-order valence-electron chi connectivity index (χ4n) is 5.03. The molecular formula is C15H24O3. The van der Waals surface area contributed by atoms with Gasteiger partial charge >= 0.3 is 0 Å². The molecule has 0 spiro atoms. The van der Waals surface area contributed by atoms with Gasteiger partial charge < -0.3 is 15.3 Å². The highest BCUT2D eigenvalue weighted by atomic mass is 16.3. The van der Waals surface area contributed by atoms with Crippen LogP contribution in [0.3, 0.4) is 0 Å². The summed E-state index contributed by atoms with van der Waals surface area (Å²) < 4.78 is 0. The number of fused-ring (bicyclic) bond motifs is 3. The standard InChI is InChI=1S/C15H24O3/c1-8-6-10(17)12-13(14(12,2)7-16)11-9(8)4-5-15(11,3)18/h9-13,16-18H,1,4-7H2,2-3H3. The van der Waals surface area contributed by atoms with Crippen molar-refractivity contribution in [3.8, 4) is 0 Å². The van der Waals surface area contributed by atoms with Crippen LogP contribution in [0.15, 0.2) is 12.2 Å². The lowest BCUT2D eigenvalue weighted by atomic mass is 9.77. The van der Waals surface area contributed by atoms with Crippen LogP contribution in [-0.2, 0) is 0 Å². The Kier molecular flexibility index (Phi) is 2.52. The summed E-state index contributed by atoms with van der Waals surface area (Å²) in [6.07, 6.45) is 2.01. The molecule has 7 unspecified atom stereocenters. The molecule has 0 amide bonds. The summed E-state index contributed by atoms with van der Waals surface area (Å²) >= 11 is 0. The van der Waals surface area contributed by atoms with Gasteiger partial charge in [-0.1, -0.05) is 19.1 Å². The number of hydrogen-bond acceptors (Lipinski definition) is 3. The lowest BCUT2D eigenvalue weighted by Gasteiger charge is -2.31. The number of hydrogen-bond donors (Lipinski definition) is 3. The summed E-state index contributed by atoms with van der Waals surface area (Å²) in [5, 5.41) is 30.6. The minimum Gasteiger partial charge on any atom is -0.396 e. The second-order valence-electron chi connectivity index (χ2n) is 7.17. The van der Waals surface area contributed by atoms with Gasteiger partial charge in [0.1, 0.15) is 0 Å². The Morgan fingerprint density at radius 2 is 1.94 bits per heavy atom. The van der Waals surface area contributed by atoms with Gasteiger partial charge in [-0.05, 0) is 55.3 Å². The lowest BCUT2D eigenvalue weighted by Crippen LogP contribution is -2.35. The van der Waals surface area contributed by atoms with E-state index in [1.165, 1.54) is 0 Å². The fourth-order valence-corrected chi connectivity index (χ4v) is 5.03. The van der Waals surface area contributed by atoms with Crippen LogP contribution >= 0.6 is 0 Å². The van der Waals surface area contributed by atoms with E-state index >= 15 is 0 Å². The molecule has 102 valence electrons. The van der Waals surface area contributed by atoms with Crippen molar-refractivity contribution in [3.05, 3.63) is 12.2 Å². The van der Waals surface area contributed by atoms with Crippen LogP contribution in [0.4, 0.5) is 0 Å². The molecule has 0 saturated heterocycles. The molecular weight excluding hydrogens is 228 g/mol. The van der Waals surface area contributed by atoms with E-state index in [2.05, 4.69) is 6.58 Å².